The maximum atomic E-state index is 13.3. The predicted molar refractivity (Wildman–Crippen MR) is 110 cm³/mol. The van der Waals surface area contributed by atoms with Crippen molar-refractivity contribution < 1.29 is 4.79 Å². The average Bonchev–Trinajstić information content (AvgIpc) is 2.86. The van der Waals surface area contributed by atoms with Crippen molar-refractivity contribution >= 4 is 17.3 Å². The van der Waals surface area contributed by atoms with E-state index in [0.29, 0.717) is 6.42 Å². The lowest BCUT2D eigenvalue weighted by Gasteiger charge is -2.22. The van der Waals surface area contributed by atoms with E-state index in [0.717, 1.165) is 28.1 Å². The van der Waals surface area contributed by atoms with Crippen molar-refractivity contribution in [1.29, 1.82) is 5.26 Å². The Kier molecular flexibility index (Phi) is 4.99. The van der Waals surface area contributed by atoms with Gasteiger partial charge >= 0.3 is 0 Å². The average molecular weight is 365 g/mol. The number of anilines is 1. The van der Waals surface area contributed by atoms with Gasteiger partial charge in [0.2, 0.25) is 0 Å². The number of amides is 1. The SMILES string of the molecule is N#CCN1C(=O)[C@H](Cc2ccccc2)N=C(c2ccccc2)c2ccccc21. The van der Waals surface area contributed by atoms with Crippen LogP contribution in [0.15, 0.2) is 89.9 Å². The van der Waals surface area contributed by atoms with Crippen molar-refractivity contribution in [3.8, 4) is 6.07 Å². The van der Waals surface area contributed by atoms with Crippen molar-refractivity contribution in [2.75, 3.05) is 11.4 Å². The van der Waals surface area contributed by atoms with E-state index in [2.05, 4.69) is 6.07 Å². The lowest BCUT2D eigenvalue weighted by atomic mass is 10.00. The molecular formula is C24H19N3O. The molecule has 136 valence electrons. The number of benzene rings is 3. The number of rotatable bonds is 4. The number of aliphatic imine (C=N–C) groups is 1. The Morgan fingerprint density at radius 1 is 0.893 bits per heavy atom. The summed E-state index contributed by atoms with van der Waals surface area (Å²) >= 11 is 0. The predicted octanol–water partition coefficient (Wildman–Crippen LogP) is 4.01. The molecular weight excluding hydrogens is 346 g/mol. The van der Waals surface area contributed by atoms with Crippen LogP contribution in [0.2, 0.25) is 0 Å². The minimum atomic E-state index is -0.585. The maximum Gasteiger partial charge on any atom is 0.253 e. The fourth-order valence-electron chi connectivity index (χ4n) is 3.52. The highest BCUT2D eigenvalue weighted by atomic mass is 16.2. The first-order valence-corrected chi connectivity index (χ1v) is 9.23. The summed E-state index contributed by atoms with van der Waals surface area (Å²) < 4.78 is 0. The Hall–Kier alpha value is -3.71. The summed E-state index contributed by atoms with van der Waals surface area (Å²) in [5, 5.41) is 9.33. The zero-order valence-corrected chi connectivity index (χ0v) is 15.3. The number of carbonyl (C=O) groups excluding carboxylic acids is 1. The summed E-state index contributed by atoms with van der Waals surface area (Å²) in [5.74, 6) is -0.149. The standard InChI is InChI=1S/C24H19N3O/c25-15-16-27-22-14-8-7-13-20(22)23(19-11-5-2-6-12-19)26-21(24(27)28)17-18-9-3-1-4-10-18/h1-14,21H,16-17H2/t21-/m0/s1. The fourth-order valence-corrected chi connectivity index (χ4v) is 3.52. The molecule has 0 spiro atoms. The summed E-state index contributed by atoms with van der Waals surface area (Å²) in [5.41, 5.74) is 4.38. The van der Waals surface area contributed by atoms with E-state index in [1.807, 2.05) is 84.9 Å². The number of nitriles is 1. The summed E-state index contributed by atoms with van der Waals surface area (Å²) in [7, 11) is 0. The van der Waals surface area contributed by atoms with Gasteiger partial charge in [-0.1, -0.05) is 78.9 Å². The molecule has 3 aromatic carbocycles. The smallest absolute Gasteiger partial charge is 0.253 e. The van der Waals surface area contributed by atoms with Gasteiger partial charge in [0.1, 0.15) is 12.6 Å². The van der Waals surface area contributed by atoms with Gasteiger partial charge in [-0.3, -0.25) is 14.7 Å². The first-order chi connectivity index (χ1) is 13.8. The van der Waals surface area contributed by atoms with Gasteiger partial charge in [-0.05, 0) is 11.6 Å². The molecule has 4 rings (SSSR count). The van der Waals surface area contributed by atoms with Gasteiger partial charge in [0.05, 0.1) is 17.5 Å². The van der Waals surface area contributed by atoms with Gasteiger partial charge in [-0.2, -0.15) is 5.26 Å². The second kappa shape index (κ2) is 7.89. The summed E-state index contributed by atoms with van der Waals surface area (Å²) in [6, 6.07) is 29.0. The molecule has 1 aliphatic rings. The Bertz CT molecular complexity index is 1050. The largest absolute Gasteiger partial charge is 0.296 e. The molecule has 0 unspecified atom stereocenters. The van der Waals surface area contributed by atoms with Crippen LogP contribution in [0.4, 0.5) is 5.69 Å². The van der Waals surface area contributed by atoms with Crippen LogP contribution >= 0.6 is 0 Å². The molecule has 0 fully saturated rings. The highest BCUT2D eigenvalue weighted by Crippen LogP contribution is 2.29. The van der Waals surface area contributed by atoms with Crippen LogP contribution in [0, 0.1) is 11.3 Å². The molecule has 28 heavy (non-hydrogen) atoms. The molecule has 0 N–H and O–H groups in total. The second-order valence-electron chi connectivity index (χ2n) is 6.65. The number of nitrogens with zero attached hydrogens (tertiary/aromatic N) is 3. The van der Waals surface area contributed by atoms with Gasteiger partial charge in [0.25, 0.3) is 5.91 Å². The topological polar surface area (TPSA) is 56.5 Å². The third kappa shape index (κ3) is 3.43. The Morgan fingerprint density at radius 3 is 2.25 bits per heavy atom. The van der Waals surface area contributed by atoms with E-state index in [-0.39, 0.29) is 12.5 Å². The van der Waals surface area contributed by atoms with Gasteiger partial charge in [-0.25, -0.2) is 0 Å². The van der Waals surface area contributed by atoms with Crippen molar-refractivity contribution in [2.24, 2.45) is 4.99 Å². The van der Waals surface area contributed by atoms with E-state index in [1.54, 1.807) is 4.90 Å². The minimum absolute atomic E-state index is 0.00126. The van der Waals surface area contributed by atoms with Crippen LogP contribution in [-0.2, 0) is 11.2 Å². The molecule has 0 radical (unpaired) electrons. The maximum absolute atomic E-state index is 13.3. The number of carbonyl (C=O) groups is 1. The van der Waals surface area contributed by atoms with E-state index >= 15 is 0 Å². The molecule has 1 atom stereocenters. The molecule has 0 saturated carbocycles. The normalized spacial score (nSPS) is 16.0. The quantitative estimate of drug-likeness (QED) is 0.656. The Balaban J connectivity index is 1.87. The van der Waals surface area contributed by atoms with Crippen molar-refractivity contribution in [3.63, 3.8) is 0 Å². The molecule has 1 aliphatic heterocycles. The van der Waals surface area contributed by atoms with Crippen LogP contribution in [-0.4, -0.2) is 24.2 Å². The zero-order chi connectivity index (χ0) is 19.3. The van der Waals surface area contributed by atoms with Gasteiger partial charge in [0.15, 0.2) is 0 Å². The Morgan fingerprint density at radius 2 is 1.54 bits per heavy atom. The first kappa shape index (κ1) is 17.7. The van der Waals surface area contributed by atoms with Crippen molar-refractivity contribution in [2.45, 2.75) is 12.5 Å². The molecule has 3 aromatic rings. The minimum Gasteiger partial charge on any atom is -0.296 e. The molecule has 4 nitrogen and oxygen atoms in total. The number of para-hydroxylation sites is 1. The summed E-state index contributed by atoms with van der Waals surface area (Å²) in [6.45, 7) is -0.00126. The van der Waals surface area contributed by atoms with Gasteiger partial charge in [-0.15, -0.1) is 0 Å². The Labute approximate surface area is 164 Å². The van der Waals surface area contributed by atoms with Crippen LogP contribution in [0.1, 0.15) is 16.7 Å². The van der Waals surface area contributed by atoms with E-state index in [4.69, 9.17) is 4.99 Å². The number of fused-ring (bicyclic) bond motifs is 1. The van der Waals surface area contributed by atoms with E-state index < -0.39 is 6.04 Å². The molecule has 1 heterocycles. The van der Waals surface area contributed by atoms with Crippen LogP contribution in [0.25, 0.3) is 0 Å². The van der Waals surface area contributed by atoms with Gasteiger partial charge in [0, 0.05) is 17.5 Å². The molecule has 0 aliphatic carbocycles. The number of hydrogen-bond donors (Lipinski definition) is 0. The van der Waals surface area contributed by atoms with E-state index in [9.17, 15) is 10.1 Å². The van der Waals surface area contributed by atoms with Gasteiger partial charge < -0.3 is 0 Å². The molecule has 4 heteroatoms. The molecule has 0 bridgehead atoms. The van der Waals surface area contributed by atoms with Crippen LogP contribution in [0.5, 0.6) is 0 Å². The third-order valence-electron chi connectivity index (χ3n) is 4.83. The second-order valence-corrected chi connectivity index (χ2v) is 6.65. The first-order valence-electron chi connectivity index (χ1n) is 9.23. The van der Waals surface area contributed by atoms with Crippen molar-refractivity contribution in [1.82, 2.24) is 0 Å². The molecule has 1 amide bonds. The van der Waals surface area contributed by atoms with Crippen molar-refractivity contribution in [3.05, 3.63) is 102 Å². The fraction of sp³-hybridized carbons (Fsp3) is 0.125. The summed E-state index contributed by atoms with van der Waals surface area (Å²) in [6.07, 6.45) is 0.492. The lowest BCUT2D eigenvalue weighted by Crippen LogP contribution is -2.39. The zero-order valence-electron chi connectivity index (χ0n) is 15.3. The van der Waals surface area contributed by atoms with Crippen LogP contribution in [0.3, 0.4) is 0 Å². The van der Waals surface area contributed by atoms with Crippen LogP contribution < -0.4 is 4.90 Å². The lowest BCUT2D eigenvalue weighted by molar-refractivity contribution is -0.119. The monoisotopic (exact) mass is 365 g/mol. The highest BCUT2D eigenvalue weighted by Gasteiger charge is 2.31. The third-order valence-corrected chi connectivity index (χ3v) is 4.83. The number of hydrogen-bond acceptors (Lipinski definition) is 3. The molecule has 0 saturated heterocycles. The highest BCUT2D eigenvalue weighted by molar-refractivity contribution is 6.20. The van der Waals surface area contributed by atoms with E-state index in [1.165, 1.54) is 0 Å². The summed E-state index contributed by atoms with van der Waals surface area (Å²) in [4.78, 5) is 19.8. The number of benzodiazepines with no additional fused rings is 1. The molecule has 0 aromatic heterocycles.